The van der Waals surface area contributed by atoms with Gasteiger partial charge in [-0.1, -0.05) is 42.5 Å². The highest BCUT2D eigenvalue weighted by atomic mass is 16.5. The van der Waals surface area contributed by atoms with E-state index in [1.807, 2.05) is 48.5 Å². The van der Waals surface area contributed by atoms with Crippen molar-refractivity contribution in [2.75, 3.05) is 19.5 Å². The summed E-state index contributed by atoms with van der Waals surface area (Å²) in [6.07, 6.45) is 0. The van der Waals surface area contributed by atoms with Crippen LogP contribution in [0, 0.1) is 0 Å². The molecule has 0 bridgehead atoms. The van der Waals surface area contributed by atoms with Crippen LogP contribution in [0.15, 0.2) is 72.8 Å². The van der Waals surface area contributed by atoms with E-state index in [9.17, 15) is 4.79 Å². The van der Waals surface area contributed by atoms with E-state index in [2.05, 4.69) is 5.32 Å². The molecule has 138 valence electrons. The van der Waals surface area contributed by atoms with E-state index in [-0.39, 0.29) is 5.91 Å². The van der Waals surface area contributed by atoms with Gasteiger partial charge in [0.05, 0.1) is 25.5 Å². The van der Waals surface area contributed by atoms with Crippen molar-refractivity contribution in [2.24, 2.45) is 0 Å². The molecular formula is C22H21NO4. The number of anilines is 1. The van der Waals surface area contributed by atoms with Gasteiger partial charge in [-0.3, -0.25) is 4.79 Å². The zero-order valence-electron chi connectivity index (χ0n) is 15.3. The average molecular weight is 363 g/mol. The van der Waals surface area contributed by atoms with Crippen LogP contribution in [0.2, 0.25) is 0 Å². The normalized spacial score (nSPS) is 10.1. The molecule has 27 heavy (non-hydrogen) atoms. The predicted octanol–water partition coefficient (Wildman–Crippen LogP) is 4.54. The molecule has 0 aliphatic heterocycles. The number of nitrogens with one attached hydrogen (secondary N) is 1. The summed E-state index contributed by atoms with van der Waals surface area (Å²) < 4.78 is 16.4. The van der Waals surface area contributed by atoms with E-state index in [0.717, 1.165) is 5.56 Å². The molecule has 3 aromatic carbocycles. The minimum atomic E-state index is -0.287. The zero-order chi connectivity index (χ0) is 19.1. The van der Waals surface area contributed by atoms with Crippen molar-refractivity contribution in [3.05, 3.63) is 83.9 Å². The third-order valence-electron chi connectivity index (χ3n) is 4.03. The van der Waals surface area contributed by atoms with Crippen LogP contribution in [0.25, 0.3) is 0 Å². The van der Waals surface area contributed by atoms with Crippen LogP contribution >= 0.6 is 0 Å². The number of hydrogen-bond acceptors (Lipinski definition) is 4. The molecule has 0 spiro atoms. The number of ether oxygens (including phenoxy) is 3. The first-order chi connectivity index (χ1) is 13.2. The number of methoxy groups -OCH3 is 2. The van der Waals surface area contributed by atoms with Gasteiger partial charge in [-0.25, -0.2) is 0 Å². The van der Waals surface area contributed by atoms with Crippen LogP contribution in [0.4, 0.5) is 5.69 Å². The lowest BCUT2D eigenvalue weighted by Gasteiger charge is -2.14. The summed E-state index contributed by atoms with van der Waals surface area (Å²) in [5, 5.41) is 2.89. The Hall–Kier alpha value is -3.47. The quantitative estimate of drug-likeness (QED) is 0.670. The number of para-hydroxylation sites is 2. The highest BCUT2D eigenvalue weighted by Crippen LogP contribution is 2.28. The molecule has 3 rings (SSSR count). The van der Waals surface area contributed by atoms with Gasteiger partial charge in [0, 0.05) is 6.07 Å². The summed E-state index contributed by atoms with van der Waals surface area (Å²) in [5.74, 6) is 1.37. The van der Waals surface area contributed by atoms with Gasteiger partial charge in [0.1, 0.15) is 23.9 Å². The Morgan fingerprint density at radius 1 is 0.852 bits per heavy atom. The number of carbonyl (C=O) groups excluding carboxylic acids is 1. The highest BCUT2D eigenvalue weighted by molar-refractivity contribution is 6.07. The molecule has 5 heteroatoms. The van der Waals surface area contributed by atoms with Crippen LogP contribution in [0.3, 0.4) is 0 Å². The summed E-state index contributed by atoms with van der Waals surface area (Å²) in [6.45, 7) is 0.416. The van der Waals surface area contributed by atoms with Gasteiger partial charge in [0.15, 0.2) is 0 Å². The van der Waals surface area contributed by atoms with Crippen molar-refractivity contribution in [3.8, 4) is 17.2 Å². The van der Waals surface area contributed by atoms with Gasteiger partial charge in [0.25, 0.3) is 5.91 Å². The monoisotopic (exact) mass is 363 g/mol. The zero-order valence-corrected chi connectivity index (χ0v) is 15.3. The van der Waals surface area contributed by atoms with Crippen molar-refractivity contribution in [1.29, 1.82) is 0 Å². The van der Waals surface area contributed by atoms with Crippen LogP contribution in [-0.2, 0) is 6.61 Å². The van der Waals surface area contributed by atoms with E-state index in [1.54, 1.807) is 31.4 Å². The fourth-order valence-corrected chi connectivity index (χ4v) is 2.61. The summed E-state index contributed by atoms with van der Waals surface area (Å²) in [5.41, 5.74) is 2.06. The van der Waals surface area contributed by atoms with Gasteiger partial charge < -0.3 is 19.5 Å². The van der Waals surface area contributed by atoms with E-state index >= 15 is 0 Å². The number of hydrogen-bond donors (Lipinski definition) is 1. The summed E-state index contributed by atoms with van der Waals surface area (Å²) in [4.78, 5) is 12.7. The Morgan fingerprint density at radius 2 is 1.59 bits per heavy atom. The fourth-order valence-electron chi connectivity index (χ4n) is 2.61. The topological polar surface area (TPSA) is 56.8 Å². The van der Waals surface area contributed by atoms with Crippen LogP contribution in [0.5, 0.6) is 17.2 Å². The molecule has 0 saturated carbocycles. The second-order valence-electron chi connectivity index (χ2n) is 5.79. The van der Waals surface area contributed by atoms with Crippen molar-refractivity contribution in [1.82, 2.24) is 0 Å². The standard InChI is InChI=1S/C22H21NO4/c1-25-17-12-13-18(21(14-17)26-2)22(24)23-19-10-6-7-11-20(19)27-15-16-8-4-3-5-9-16/h3-14H,15H2,1-2H3,(H,23,24). The van der Waals surface area contributed by atoms with Gasteiger partial charge in [-0.15, -0.1) is 0 Å². The maximum atomic E-state index is 12.7. The Balaban J connectivity index is 1.77. The summed E-state index contributed by atoms with van der Waals surface area (Å²) in [7, 11) is 3.08. The van der Waals surface area contributed by atoms with E-state index in [4.69, 9.17) is 14.2 Å². The van der Waals surface area contributed by atoms with Gasteiger partial charge in [-0.05, 0) is 29.8 Å². The van der Waals surface area contributed by atoms with Crippen molar-refractivity contribution in [3.63, 3.8) is 0 Å². The van der Waals surface area contributed by atoms with E-state index < -0.39 is 0 Å². The minimum Gasteiger partial charge on any atom is -0.497 e. The summed E-state index contributed by atoms with van der Waals surface area (Å²) >= 11 is 0. The average Bonchev–Trinajstić information content (AvgIpc) is 2.73. The molecule has 0 fully saturated rings. The van der Waals surface area contributed by atoms with Gasteiger partial charge in [0.2, 0.25) is 0 Å². The van der Waals surface area contributed by atoms with Crippen LogP contribution in [-0.4, -0.2) is 20.1 Å². The molecule has 1 amide bonds. The molecule has 0 aliphatic rings. The largest absolute Gasteiger partial charge is 0.497 e. The van der Waals surface area contributed by atoms with Crippen LogP contribution < -0.4 is 19.5 Å². The van der Waals surface area contributed by atoms with Crippen molar-refractivity contribution >= 4 is 11.6 Å². The minimum absolute atomic E-state index is 0.287. The molecule has 0 aromatic heterocycles. The maximum absolute atomic E-state index is 12.7. The number of carbonyl (C=O) groups is 1. The van der Waals surface area contributed by atoms with Crippen molar-refractivity contribution in [2.45, 2.75) is 6.61 Å². The molecule has 0 heterocycles. The lowest BCUT2D eigenvalue weighted by atomic mass is 10.1. The molecule has 0 saturated heterocycles. The third-order valence-corrected chi connectivity index (χ3v) is 4.03. The Labute approximate surface area is 158 Å². The number of amides is 1. The predicted molar refractivity (Wildman–Crippen MR) is 105 cm³/mol. The summed E-state index contributed by atoms with van der Waals surface area (Å²) in [6, 6.07) is 22.2. The van der Waals surface area contributed by atoms with Crippen LogP contribution in [0.1, 0.15) is 15.9 Å². The lowest BCUT2D eigenvalue weighted by Crippen LogP contribution is -2.14. The van der Waals surface area contributed by atoms with Gasteiger partial charge in [-0.2, -0.15) is 0 Å². The first-order valence-corrected chi connectivity index (χ1v) is 8.50. The second kappa shape index (κ2) is 8.76. The molecule has 5 nitrogen and oxygen atoms in total. The molecule has 0 radical (unpaired) electrons. The fraction of sp³-hybridized carbons (Fsp3) is 0.136. The van der Waals surface area contributed by atoms with Gasteiger partial charge >= 0.3 is 0 Å². The molecule has 0 unspecified atom stereocenters. The lowest BCUT2D eigenvalue weighted by molar-refractivity contribution is 0.102. The third kappa shape index (κ3) is 4.58. The molecule has 1 N–H and O–H groups in total. The SMILES string of the molecule is COc1ccc(C(=O)Nc2ccccc2OCc2ccccc2)c(OC)c1. The Bertz CT molecular complexity index is 909. The molecule has 0 atom stereocenters. The first-order valence-electron chi connectivity index (χ1n) is 8.50. The van der Waals surface area contributed by atoms with E-state index in [0.29, 0.717) is 35.1 Å². The number of benzene rings is 3. The molecule has 3 aromatic rings. The maximum Gasteiger partial charge on any atom is 0.259 e. The second-order valence-corrected chi connectivity index (χ2v) is 5.79. The smallest absolute Gasteiger partial charge is 0.259 e. The molecule has 0 aliphatic carbocycles. The van der Waals surface area contributed by atoms with Crippen molar-refractivity contribution < 1.29 is 19.0 Å². The highest BCUT2D eigenvalue weighted by Gasteiger charge is 2.15. The molecular weight excluding hydrogens is 342 g/mol. The van der Waals surface area contributed by atoms with E-state index in [1.165, 1.54) is 7.11 Å². The Kier molecular flexibility index (Phi) is 5.94. The Morgan fingerprint density at radius 3 is 2.33 bits per heavy atom. The number of rotatable bonds is 7. The first kappa shape index (κ1) is 18.3.